The molecule has 0 aromatic heterocycles. The fourth-order valence-corrected chi connectivity index (χ4v) is 3.95. The summed E-state index contributed by atoms with van der Waals surface area (Å²) in [5.41, 5.74) is 2.93. The summed E-state index contributed by atoms with van der Waals surface area (Å²) in [7, 11) is 0. The molecule has 0 nitrogen and oxygen atoms in total. The van der Waals surface area contributed by atoms with Gasteiger partial charge < -0.3 is 0 Å². The van der Waals surface area contributed by atoms with Crippen LogP contribution in [0.2, 0.25) is 0 Å². The summed E-state index contributed by atoms with van der Waals surface area (Å²) in [5.74, 6) is 0.635. The van der Waals surface area contributed by atoms with Crippen molar-refractivity contribution in [1.29, 1.82) is 0 Å². The molecule has 0 aliphatic heterocycles. The van der Waals surface area contributed by atoms with Crippen molar-refractivity contribution < 1.29 is 4.39 Å². The van der Waals surface area contributed by atoms with E-state index in [9.17, 15) is 4.39 Å². The second-order valence-electron chi connectivity index (χ2n) is 7.92. The van der Waals surface area contributed by atoms with Crippen molar-refractivity contribution in [1.82, 2.24) is 0 Å². The van der Waals surface area contributed by atoms with E-state index in [1.807, 2.05) is 6.92 Å². The van der Waals surface area contributed by atoms with Crippen molar-refractivity contribution in [2.45, 2.75) is 76.3 Å². The maximum atomic E-state index is 14.2. The summed E-state index contributed by atoms with van der Waals surface area (Å²) in [6.45, 7) is 5.93. The number of alkyl halides is 1. The number of benzene rings is 2. The minimum Gasteiger partial charge on any atom is -0.244 e. The molecule has 2 aromatic rings. The highest BCUT2D eigenvalue weighted by Crippen LogP contribution is 2.29. The van der Waals surface area contributed by atoms with Crippen LogP contribution in [0.15, 0.2) is 53.4 Å². The Kier molecular flexibility index (Phi) is 8.89. The minimum absolute atomic E-state index is 0.616. The first-order chi connectivity index (χ1) is 13.0. The predicted octanol–water partition coefficient (Wildman–Crippen LogP) is 8.34. The second kappa shape index (κ2) is 10.9. The molecule has 0 spiro atoms. The molecular formula is C25H35FS. The van der Waals surface area contributed by atoms with Crippen LogP contribution in [0.4, 0.5) is 4.39 Å². The Labute approximate surface area is 170 Å². The summed E-state index contributed by atoms with van der Waals surface area (Å²) >= 11 is 1.77. The Morgan fingerprint density at radius 3 is 2.00 bits per heavy atom. The molecule has 2 rings (SSSR count). The second-order valence-corrected chi connectivity index (χ2v) is 8.80. The zero-order valence-corrected chi connectivity index (χ0v) is 18.2. The summed E-state index contributed by atoms with van der Waals surface area (Å²) in [4.78, 5) is 1.30. The number of halogens is 1. The van der Waals surface area contributed by atoms with Crippen LogP contribution in [0.3, 0.4) is 0 Å². The zero-order chi connectivity index (χ0) is 19.7. The molecule has 0 saturated carbocycles. The van der Waals surface area contributed by atoms with Crippen molar-refractivity contribution >= 4 is 11.8 Å². The molecule has 27 heavy (non-hydrogen) atoms. The molecule has 2 aromatic carbocycles. The lowest BCUT2D eigenvalue weighted by molar-refractivity contribution is 0.152. The van der Waals surface area contributed by atoms with Gasteiger partial charge in [0.1, 0.15) is 5.67 Å². The van der Waals surface area contributed by atoms with E-state index in [4.69, 9.17) is 0 Å². The van der Waals surface area contributed by atoms with E-state index >= 15 is 0 Å². The quantitative estimate of drug-likeness (QED) is 0.350. The van der Waals surface area contributed by atoms with Gasteiger partial charge in [-0.3, -0.25) is 0 Å². The molecular weight excluding hydrogens is 351 g/mol. The van der Waals surface area contributed by atoms with Gasteiger partial charge in [0, 0.05) is 4.90 Å². The number of rotatable bonds is 11. The molecule has 0 amide bonds. The third-order valence-electron chi connectivity index (χ3n) is 5.73. The van der Waals surface area contributed by atoms with Crippen LogP contribution in [-0.2, 0) is 6.42 Å². The molecule has 2 atom stereocenters. The lowest BCUT2D eigenvalue weighted by atomic mass is 9.87. The van der Waals surface area contributed by atoms with Crippen LogP contribution in [0.1, 0.15) is 64.9 Å². The van der Waals surface area contributed by atoms with Crippen LogP contribution in [0.5, 0.6) is 0 Å². The molecule has 0 heterocycles. The van der Waals surface area contributed by atoms with Gasteiger partial charge in [-0.1, -0.05) is 63.1 Å². The van der Waals surface area contributed by atoms with E-state index in [-0.39, 0.29) is 0 Å². The van der Waals surface area contributed by atoms with Gasteiger partial charge in [-0.05, 0) is 80.0 Å². The van der Waals surface area contributed by atoms with Crippen molar-refractivity contribution in [3.8, 4) is 11.1 Å². The summed E-state index contributed by atoms with van der Waals surface area (Å²) < 4.78 is 14.2. The molecule has 0 radical (unpaired) electrons. The summed E-state index contributed by atoms with van der Waals surface area (Å²) in [5, 5.41) is 0. The van der Waals surface area contributed by atoms with Gasteiger partial charge in [-0.2, -0.15) is 0 Å². The molecule has 2 unspecified atom stereocenters. The number of hydrogen-bond donors (Lipinski definition) is 0. The highest BCUT2D eigenvalue weighted by Gasteiger charge is 2.22. The van der Waals surface area contributed by atoms with Crippen LogP contribution in [0, 0.1) is 5.92 Å². The lowest BCUT2D eigenvalue weighted by Crippen LogP contribution is -2.18. The van der Waals surface area contributed by atoms with Gasteiger partial charge in [0.15, 0.2) is 0 Å². The first-order valence-corrected chi connectivity index (χ1v) is 11.6. The van der Waals surface area contributed by atoms with E-state index in [1.54, 1.807) is 18.7 Å². The number of aryl methyl sites for hydroxylation is 1. The molecule has 2 heteroatoms. The highest BCUT2D eigenvalue weighted by atomic mass is 32.2. The fourth-order valence-electron chi connectivity index (χ4n) is 3.54. The van der Waals surface area contributed by atoms with E-state index in [0.717, 1.165) is 19.3 Å². The topological polar surface area (TPSA) is 0 Å². The van der Waals surface area contributed by atoms with E-state index in [2.05, 4.69) is 61.7 Å². The SMILES string of the molecule is CCCC(CCc1ccc(-c2ccc(SC)cc2)cc1)CCC(C)(F)CC. The van der Waals surface area contributed by atoms with Gasteiger partial charge in [-0.15, -0.1) is 11.8 Å². The molecule has 0 aliphatic carbocycles. The summed E-state index contributed by atoms with van der Waals surface area (Å²) in [6.07, 6.45) is 9.07. The Bertz CT molecular complexity index is 658. The smallest absolute Gasteiger partial charge is 0.108 e. The standard InChI is InChI=1S/C25H35FS/c1-5-7-20(18-19-25(3,26)6-2)8-9-21-10-12-22(13-11-21)23-14-16-24(27-4)17-15-23/h10-17,20H,5-9,18-19H2,1-4H3. The van der Waals surface area contributed by atoms with Gasteiger partial charge in [0.25, 0.3) is 0 Å². The van der Waals surface area contributed by atoms with Crippen LogP contribution < -0.4 is 0 Å². The summed E-state index contributed by atoms with van der Waals surface area (Å²) in [6, 6.07) is 17.7. The average molecular weight is 387 g/mol. The van der Waals surface area contributed by atoms with Gasteiger partial charge in [0.2, 0.25) is 0 Å². The molecule has 0 N–H and O–H groups in total. The first-order valence-electron chi connectivity index (χ1n) is 10.4. The Balaban J connectivity index is 1.91. The third kappa shape index (κ3) is 7.33. The van der Waals surface area contributed by atoms with Crippen molar-refractivity contribution in [3.05, 3.63) is 54.1 Å². The largest absolute Gasteiger partial charge is 0.244 e. The fraction of sp³-hybridized carbons (Fsp3) is 0.520. The van der Waals surface area contributed by atoms with Crippen molar-refractivity contribution in [3.63, 3.8) is 0 Å². The van der Waals surface area contributed by atoms with Crippen LogP contribution in [0.25, 0.3) is 11.1 Å². The average Bonchev–Trinajstić information content (AvgIpc) is 2.70. The molecule has 0 bridgehead atoms. The predicted molar refractivity (Wildman–Crippen MR) is 119 cm³/mol. The van der Waals surface area contributed by atoms with Crippen LogP contribution >= 0.6 is 11.8 Å². The number of hydrogen-bond acceptors (Lipinski definition) is 1. The van der Waals surface area contributed by atoms with E-state index < -0.39 is 5.67 Å². The third-order valence-corrected chi connectivity index (χ3v) is 6.47. The van der Waals surface area contributed by atoms with E-state index in [0.29, 0.717) is 18.8 Å². The first kappa shape index (κ1) is 22.0. The maximum Gasteiger partial charge on any atom is 0.108 e. The normalized spacial score (nSPS) is 14.7. The lowest BCUT2D eigenvalue weighted by Gasteiger charge is -2.22. The molecule has 0 saturated heterocycles. The molecule has 0 fully saturated rings. The van der Waals surface area contributed by atoms with Crippen LogP contribution in [-0.4, -0.2) is 11.9 Å². The maximum absolute atomic E-state index is 14.2. The molecule has 148 valence electrons. The van der Waals surface area contributed by atoms with E-state index in [1.165, 1.54) is 34.4 Å². The monoisotopic (exact) mass is 386 g/mol. The minimum atomic E-state index is -1.00. The Hall–Kier alpha value is -1.28. The van der Waals surface area contributed by atoms with Crippen molar-refractivity contribution in [2.24, 2.45) is 5.92 Å². The van der Waals surface area contributed by atoms with Gasteiger partial charge >= 0.3 is 0 Å². The van der Waals surface area contributed by atoms with Crippen molar-refractivity contribution in [2.75, 3.05) is 6.26 Å². The Morgan fingerprint density at radius 2 is 1.48 bits per heavy atom. The Morgan fingerprint density at radius 1 is 0.889 bits per heavy atom. The van der Waals surface area contributed by atoms with Gasteiger partial charge in [0.05, 0.1) is 0 Å². The number of thioether (sulfide) groups is 1. The zero-order valence-electron chi connectivity index (χ0n) is 17.4. The van der Waals surface area contributed by atoms with Gasteiger partial charge in [-0.25, -0.2) is 4.39 Å². The highest BCUT2D eigenvalue weighted by molar-refractivity contribution is 7.98. The molecule has 0 aliphatic rings.